The lowest BCUT2D eigenvalue weighted by Gasteiger charge is -2.29. The Morgan fingerprint density at radius 1 is 1.08 bits per heavy atom. The van der Waals surface area contributed by atoms with Gasteiger partial charge < -0.3 is 10.2 Å². The monoisotopic (exact) mass is 318 g/mol. The van der Waals surface area contributed by atoms with Crippen LogP contribution in [0, 0.1) is 0 Å². The van der Waals surface area contributed by atoms with Gasteiger partial charge >= 0.3 is 0 Å². The van der Waals surface area contributed by atoms with Gasteiger partial charge in [-0.25, -0.2) is 0 Å². The number of para-hydroxylation sites is 1. The molecule has 6 nitrogen and oxygen atoms in total. The molecule has 3 heterocycles. The zero-order valence-electron chi connectivity index (χ0n) is 13.3. The molecule has 0 spiro atoms. The molecule has 0 unspecified atom stereocenters. The number of hydrogen-bond donors (Lipinski definition) is 1. The minimum absolute atomic E-state index is 0.637. The van der Waals surface area contributed by atoms with Crippen LogP contribution in [0.3, 0.4) is 0 Å². The first-order valence-electron chi connectivity index (χ1n) is 8.08. The van der Waals surface area contributed by atoms with Crippen molar-refractivity contribution < 1.29 is 0 Å². The predicted octanol–water partition coefficient (Wildman–Crippen LogP) is 2.96. The molecular weight excluding hydrogens is 300 g/mol. The van der Waals surface area contributed by atoms with Crippen molar-refractivity contribution in [1.29, 1.82) is 0 Å². The van der Waals surface area contributed by atoms with E-state index in [9.17, 15) is 0 Å². The van der Waals surface area contributed by atoms with Gasteiger partial charge in [0, 0.05) is 31.2 Å². The Kier molecular flexibility index (Phi) is 4.02. The molecular formula is C18H18N6. The van der Waals surface area contributed by atoms with Gasteiger partial charge in [-0.1, -0.05) is 24.3 Å². The summed E-state index contributed by atoms with van der Waals surface area (Å²) in [5, 5.41) is 11.6. The standard InChI is InChI=1S/C18H18N6/c1-2-8-16-15(6-1)7-4-10-24(16)18-22-17(13-21-23-18)20-12-14-5-3-9-19-11-14/h1-3,5-6,8-9,11,13H,4,7,10,12H2,(H,20,22,23). The van der Waals surface area contributed by atoms with E-state index in [1.165, 1.54) is 11.3 Å². The Labute approximate surface area is 140 Å². The van der Waals surface area contributed by atoms with Crippen LogP contribution in [0.25, 0.3) is 0 Å². The summed E-state index contributed by atoms with van der Waals surface area (Å²) in [5.74, 6) is 1.35. The van der Waals surface area contributed by atoms with E-state index >= 15 is 0 Å². The Hall–Kier alpha value is -3.02. The molecule has 0 bridgehead atoms. The Morgan fingerprint density at radius 3 is 2.96 bits per heavy atom. The van der Waals surface area contributed by atoms with E-state index in [-0.39, 0.29) is 0 Å². The van der Waals surface area contributed by atoms with Crippen molar-refractivity contribution in [2.45, 2.75) is 19.4 Å². The number of anilines is 3. The smallest absolute Gasteiger partial charge is 0.251 e. The molecule has 24 heavy (non-hydrogen) atoms. The summed E-state index contributed by atoms with van der Waals surface area (Å²) in [7, 11) is 0. The second kappa shape index (κ2) is 6.62. The van der Waals surface area contributed by atoms with Gasteiger partial charge in [0.25, 0.3) is 5.95 Å². The average molecular weight is 318 g/mol. The lowest BCUT2D eigenvalue weighted by atomic mass is 10.0. The highest BCUT2D eigenvalue weighted by Crippen LogP contribution is 2.31. The van der Waals surface area contributed by atoms with Crippen molar-refractivity contribution in [3.63, 3.8) is 0 Å². The highest BCUT2D eigenvalue weighted by atomic mass is 15.3. The summed E-state index contributed by atoms with van der Waals surface area (Å²) in [6.45, 7) is 1.56. The quantitative estimate of drug-likeness (QED) is 0.798. The third-order valence-electron chi connectivity index (χ3n) is 4.10. The molecule has 6 heteroatoms. The van der Waals surface area contributed by atoms with Gasteiger partial charge in [0.05, 0.1) is 6.20 Å². The van der Waals surface area contributed by atoms with E-state index in [4.69, 9.17) is 0 Å². The van der Waals surface area contributed by atoms with Crippen LogP contribution in [0.5, 0.6) is 0 Å². The largest absolute Gasteiger partial charge is 0.364 e. The number of hydrogen-bond acceptors (Lipinski definition) is 6. The first-order valence-corrected chi connectivity index (χ1v) is 8.08. The minimum atomic E-state index is 0.637. The van der Waals surface area contributed by atoms with Crippen LogP contribution in [0.1, 0.15) is 17.5 Å². The third-order valence-corrected chi connectivity index (χ3v) is 4.10. The molecule has 1 aliphatic heterocycles. The van der Waals surface area contributed by atoms with E-state index in [1.807, 2.05) is 18.3 Å². The molecule has 120 valence electrons. The van der Waals surface area contributed by atoms with Crippen molar-refractivity contribution >= 4 is 17.5 Å². The van der Waals surface area contributed by atoms with Crippen LogP contribution < -0.4 is 10.2 Å². The predicted molar refractivity (Wildman–Crippen MR) is 93.2 cm³/mol. The molecule has 1 N–H and O–H groups in total. The number of fused-ring (bicyclic) bond motifs is 1. The molecule has 2 aromatic heterocycles. The zero-order chi connectivity index (χ0) is 16.2. The van der Waals surface area contributed by atoms with E-state index in [0.717, 1.165) is 24.9 Å². The van der Waals surface area contributed by atoms with Gasteiger partial charge in [0.2, 0.25) is 0 Å². The van der Waals surface area contributed by atoms with Crippen LogP contribution >= 0.6 is 0 Å². The zero-order valence-corrected chi connectivity index (χ0v) is 13.3. The average Bonchev–Trinajstić information content (AvgIpc) is 2.67. The fourth-order valence-corrected chi connectivity index (χ4v) is 2.93. The molecule has 0 atom stereocenters. The second-order valence-corrected chi connectivity index (χ2v) is 5.74. The molecule has 0 saturated carbocycles. The number of nitrogens with one attached hydrogen (secondary N) is 1. The molecule has 0 aliphatic carbocycles. The van der Waals surface area contributed by atoms with Crippen molar-refractivity contribution in [1.82, 2.24) is 20.2 Å². The van der Waals surface area contributed by atoms with Gasteiger partial charge in [-0.15, -0.1) is 5.10 Å². The fourth-order valence-electron chi connectivity index (χ4n) is 2.93. The van der Waals surface area contributed by atoms with Crippen molar-refractivity contribution in [3.8, 4) is 0 Å². The topological polar surface area (TPSA) is 66.8 Å². The van der Waals surface area contributed by atoms with Crippen LogP contribution in [-0.4, -0.2) is 26.7 Å². The summed E-state index contributed by atoms with van der Waals surface area (Å²) >= 11 is 0. The summed E-state index contributed by atoms with van der Waals surface area (Å²) in [5.41, 5.74) is 3.61. The molecule has 0 radical (unpaired) electrons. The number of aryl methyl sites for hydroxylation is 1. The number of benzene rings is 1. The Bertz CT molecular complexity index is 821. The van der Waals surface area contributed by atoms with Crippen LogP contribution in [0.4, 0.5) is 17.5 Å². The Balaban J connectivity index is 1.55. The first-order chi connectivity index (χ1) is 11.9. The van der Waals surface area contributed by atoms with E-state index in [0.29, 0.717) is 18.3 Å². The number of pyridine rings is 1. The maximum atomic E-state index is 4.63. The summed E-state index contributed by atoms with van der Waals surface area (Å²) < 4.78 is 0. The van der Waals surface area contributed by atoms with Gasteiger partial charge in [-0.2, -0.15) is 10.1 Å². The molecule has 4 rings (SSSR count). The van der Waals surface area contributed by atoms with Crippen molar-refractivity contribution in [2.24, 2.45) is 0 Å². The highest BCUT2D eigenvalue weighted by Gasteiger charge is 2.20. The number of nitrogens with zero attached hydrogens (tertiary/aromatic N) is 5. The number of rotatable bonds is 4. The molecule has 1 aliphatic rings. The van der Waals surface area contributed by atoms with Crippen molar-refractivity contribution in [3.05, 3.63) is 66.1 Å². The minimum Gasteiger partial charge on any atom is -0.364 e. The van der Waals surface area contributed by atoms with Gasteiger partial charge in [-0.05, 0) is 36.1 Å². The summed E-state index contributed by atoms with van der Waals surface area (Å²) in [6.07, 6.45) is 7.44. The van der Waals surface area contributed by atoms with Gasteiger partial charge in [0.1, 0.15) is 0 Å². The molecule has 0 amide bonds. The maximum Gasteiger partial charge on any atom is 0.251 e. The van der Waals surface area contributed by atoms with Crippen LogP contribution in [0.15, 0.2) is 55.0 Å². The first kappa shape index (κ1) is 14.6. The number of aromatic nitrogens is 4. The van der Waals surface area contributed by atoms with Gasteiger partial charge in [0.15, 0.2) is 5.82 Å². The second-order valence-electron chi connectivity index (χ2n) is 5.74. The fraction of sp³-hybridized carbons (Fsp3) is 0.222. The molecule has 0 saturated heterocycles. The SMILES string of the molecule is c1cncc(CNc2cnnc(N3CCCc4ccccc43)n2)c1. The summed E-state index contributed by atoms with van der Waals surface area (Å²) in [6, 6.07) is 12.4. The third kappa shape index (κ3) is 3.03. The molecule has 0 fully saturated rings. The Morgan fingerprint density at radius 2 is 2.04 bits per heavy atom. The van der Waals surface area contributed by atoms with E-state index in [2.05, 4.69) is 54.6 Å². The van der Waals surface area contributed by atoms with Crippen molar-refractivity contribution in [2.75, 3.05) is 16.8 Å². The van der Waals surface area contributed by atoms with E-state index < -0.39 is 0 Å². The molecule has 3 aromatic rings. The lowest BCUT2D eigenvalue weighted by Crippen LogP contribution is -2.26. The lowest BCUT2D eigenvalue weighted by molar-refractivity contribution is 0.741. The summed E-state index contributed by atoms with van der Waals surface area (Å²) in [4.78, 5) is 10.9. The van der Waals surface area contributed by atoms with E-state index in [1.54, 1.807) is 12.4 Å². The van der Waals surface area contributed by atoms with Crippen LogP contribution in [-0.2, 0) is 13.0 Å². The molecule has 1 aromatic carbocycles. The normalized spacial score (nSPS) is 13.4. The van der Waals surface area contributed by atoms with Crippen LogP contribution in [0.2, 0.25) is 0 Å². The highest BCUT2D eigenvalue weighted by molar-refractivity contribution is 5.63. The van der Waals surface area contributed by atoms with Gasteiger partial charge in [-0.3, -0.25) is 4.98 Å². The maximum absolute atomic E-state index is 4.63.